The minimum atomic E-state index is 0.516. The topological polar surface area (TPSA) is 21.3 Å². The molecule has 0 spiro atoms. The molecule has 0 amide bonds. The molecule has 0 aliphatic heterocycles. The Bertz CT molecular complexity index is 531. The van der Waals surface area contributed by atoms with Crippen molar-refractivity contribution < 1.29 is 4.74 Å². The first-order valence-corrected chi connectivity index (χ1v) is 7.29. The number of hydrogen-bond donors (Lipinski definition) is 1. The molecule has 1 aromatic carbocycles. The molecular formula is C15H21NOS. The Kier molecular flexibility index (Phi) is 4.25. The van der Waals surface area contributed by atoms with E-state index in [1.54, 1.807) is 7.11 Å². The molecule has 0 fully saturated rings. The normalized spacial score (nSPS) is 11.4. The lowest BCUT2D eigenvalue weighted by Crippen LogP contribution is -2.21. The van der Waals surface area contributed by atoms with Crippen LogP contribution >= 0.6 is 11.3 Å². The lowest BCUT2D eigenvalue weighted by Gasteiger charge is -2.07. The first-order chi connectivity index (χ1) is 8.67. The predicted molar refractivity (Wildman–Crippen MR) is 79.7 cm³/mol. The summed E-state index contributed by atoms with van der Waals surface area (Å²) >= 11 is 1.85. The fourth-order valence-corrected chi connectivity index (χ4v) is 3.51. The van der Waals surface area contributed by atoms with Crippen LogP contribution in [0.1, 0.15) is 31.2 Å². The largest absolute Gasteiger partial charge is 0.495 e. The number of rotatable bonds is 5. The SMILES string of the molecule is CCc1c(CNC(C)C)sc2c(OC)cccc12. The number of aryl methyl sites for hydroxylation is 1. The van der Waals surface area contributed by atoms with Crippen molar-refractivity contribution in [3.63, 3.8) is 0 Å². The minimum Gasteiger partial charge on any atom is -0.495 e. The zero-order valence-corrected chi connectivity index (χ0v) is 12.4. The van der Waals surface area contributed by atoms with E-state index in [0.717, 1.165) is 18.7 Å². The van der Waals surface area contributed by atoms with Crippen LogP contribution in [0.4, 0.5) is 0 Å². The number of methoxy groups -OCH3 is 1. The van der Waals surface area contributed by atoms with Crippen molar-refractivity contribution in [1.82, 2.24) is 5.32 Å². The van der Waals surface area contributed by atoms with E-state index in [2.05, 4.69) is 38.2 Å². The van der Waals surface area contributed by atoms with Gasteiger partial charge in [-0.15, -0.1) is 11.3 Å². The smallest absolute Gasteiger partial charge is 0.136 e. The molecule has 98 valence electrons. The van der Waals surface area contributed by atoms with Crippen LogP contribution in [-0.4, -0.2) is 13.2 Å². The zero-order valence-electron chi connectivity index (χ0n) is 11.5. The van der Waals surface area contributed by atoms with E-state index in [4.69, 9.17) is 4.74 Å². The van der Waals surface area contributed by atoms with Gasteiger partial charge in [-0.25, -0.2) is 0 Å². The van der Waals surface area contributed by atoms with Crippen LogP contribution in [0.2, 0.25) is 0 Å². The zero-order chi connectivity index (χ0) is 13.1. The summed E-state index contributed by atoms with van der Waals surface area (Å²) in [7, 11) is 1.74. The lowest BCUT2D eigenvalue weighted by molar-refractivity contribution is 0.420. The van der Waals surface area contributed by atoms with Crippen molar-refractivity contribution in [2.75, 3.05) is 7.11 Å². The molecule has 2 nitrogen and oxygen atoms in total. The van der Waals surface area contributed by atoms with Gasteiger partial charge in [-0.3, -0.25) is 0 Å². The summed E-state index contributed by atoms with van der Waals surface area (Å²) in [5.74, 6) is 0.989. The molecule has 0 bridgehead atoms. The summed E-state index contributed by atoms with van der Waals surface area (Å²) < 4.78 is 6.73. The Morgan fingerprint density at radius 2 is 2.11 bits per heavy atom. The standard InChI is InChI=1S/C15H21NOS/c1-5-11-12-7-6-8-13(17-4)15(12)18-14(11)9-16-10(2)3/h6-8,10,16H,5,9H2,1-4H3. The average Bonchev–Trinajstić information content (AvgIpc) is 2.73. The highest BCUT2D eigenvalue weighted by Crippen LogP contribution is 2.37. The van der Waals surface area contributed by atoms with Crippen LogP contribution in [0, 0.1) is 0 Å². The number of hydrogen-bond acceptors (Lipinski definition) is 3. The lowest BCUT2D eigenvalue weighted by atomic mass is 10.1. The van der Waals surface area contributed by atoms with Crippen molar-refractivity contribution in [1.29, 1.82) is 0 Å². The van der Waals surface area contributed by atoms with Crippen LogP contribution in [0.3, 0.4) is 0 Å². The van der Waals surface area contributed by atoms with E-state index in [9.17, 15) is 0 Å². The summed E-state index contributed by atoms with van der Waals surface area (Å²) in [4.78, 5) is 1.44. The van der Waals surface area contributed by atoms with Gasteiger partial charge in [0.15, 0.2) is 0 Å². The molecular weight excluding hydrogens is 242 g/mol. The Balaban J connectivity index is 2.46. The van der Waals surface area contributed by atoms with Gasteiger partial charge in [-0.2, -0.15) is 0 Å². The molecule has 0 atom stereocenters. The van der Waals surface area contributed by atoms with Crippen molar-refractivity contribution in [3.05, 3.63) is 28.6 Å². The molecule has 0 radical (unpaired) electrons. The first-order valence-electron chi connectivity index (χ1n) is 6.48. The van der Waals surface area contributed by atoms with E-state index >= 15 is 0 Å². The molecule has 0 aliphatic carbocycles. The van der Waals surface area contributed by atoms with Crippen molar-refractivity contribution >= 4 is 21.4 Å². The first kappa shape index (κ1) is 13.4. The Labute approximate surface area is 113 Å². The number of nitrogens with one attached hydrogen (secondary N) is 1. The van der Waals surface area contributed by atoms with E-state index in [1.807, 2.05) is 17.4 Å². The fourth-order valence-electron chi connectivity index (χ4n) is 2.18. The van der Waals surface area contributed by atoms with Gasteiger partial charge in [-0.1, -0.05) is 32.9 Å². The van der Waals surface area contributed by atoms with Gasteiger partial charge in [0, 0.05) is 17.5 Å². The Morgan fingerprint density at radius 3 is 2.72 bits per heavy atom. The third-order valence-electron chi connectivity index (χ3n) is 3.11. The Hall–Kier alpha value is -1.06. The minimum absolute atomic E-state index is 0.516. The summed E-state index contributed by atoms with van der Waals surface area (Å²) in [5.41, 5.74) is 1.46. The molecule has 0 saturated carbocycles. The highest BCUT2D eigenvalue weighted by Gasteiger charge is 2.13. The molecule has 18 heavy (non-hydrogen) atoms. The monoisotopic (exact) mass is 263 g/mol. The van der Waals surface area contributed by atoms with Gasteiger partial charge in [0.25, 0.3) is 0 Å². The second-order valence-electron chi connectivity index (χ2n) is 4.73. The van der Waals surface area contributed by atoms with Crippen LogP contribution in [0.5, 0.6) is 5.75 Å². The quantitative estimate of drug-likeness (QED) is 0.881. The third kappa shape index (κ3) is 2.52. The molecule has 2 aromatic rings. The fraction of sp³-hybridized carbons (Fsp3) is 0.467. The van der Waals surface area contributed by atoms with Gasteiger partial charge < -0.3 is 10.1 Å². The van der Waals surface area contributed by atoms with E-state index < -0.39 is 0 Å². The molecule has 1 heterocycles. The van der Waals surface area contributed by atoms with Gasteiger partial charge >= 0.3 is 0 Å². The maximum atomic E-state index is 5.46. The predicted octanol–water partition coefficient (Wildman–Crippen LogP) is 3.97. The van der Waals surface area contributed by atoms with Gasteiger partial charge in [0.05, 0.1) is 11.8 Å². The van der Waals surface area contributed by atoms with E-state index in [-0.39, 0.29) is 0 Å². The molecule has 0 aliphatic rings. The summed E-state index contributed by atoms with van der Waals surface area (Å²) in [6.07, 6.45) is 1.07. The Morgan fingerprint density at radius 1 is 1.33 bits per heavy atom. The number of ether oxygens (including phenoxy) is 1. The summed E-state index contributed by atoms with van der Waals surface area (Å²) in [6, 6.07) is 6.83. The van der Waals surface area contributed by atoms with Gasteiger partial charge in [-0.05, 0) is 23.4 Å². The van der Waals surface area contributed by atoms with Crippen molar-refractivity contribution in [2.24, 2.45) is 0 Å². The molecule has 1 aromatic heterocycles. The van der Waals surface area contributed by atoms with Crippen LogP contribution < -0.4 is 10.1 Å². The molecule has 2 rings (SSSR count). The maximum absolute atomic E-state index is 5.46. The number of thiophene rings is 1. The molecule has 3 heteroatoms. The third-order valence-corrected chi connectivity index (χ3v) is 4.37. The van der Waals surface area contributed by atoms with E-state index in [1.165, 1.54) is 20.5 Å². The summed E-state index contributed by atoms with van der Waals surface area (Å²) in [6.45, 7) is 7.53. The van der Waals surface area contributed by atoms with Gasteiger partial charge in [0.1, 0.15) is 5.75 Å². The highest BCUT2D eigenvalue weighted by atomic mass is 32.1. The summed E-state index contributed by atoms with van der Waals surface area (Å²) in [5, 5.41) is 4.85. The maximum Gasteiger partial charge on any atom is 0.136 e. The molecule has 0 saturated heterocycles. The molecule has 0 unspecified atom stereocenters. The van der Waals surface area contributed by atoms with Crippen LogP contribution in [-0.2, 0) is 13.0 Å². The van der Waals surface area contributed by atoms with Crippen molar-refractivity contribution in [3.8, 4) is 5.75 Å². The second kappa shape index (κ2) is 5.72. The highest BCUT2D eigenvalue weighted by molar-refractivity contribution is 7.19. The molecule has 1 N–H and O–H groups in total. The van der Waals surface area contributed by atoms with Crippen LogP contribution in [0.15, 0.2) is 18.2 Å². The van der Waals surface area contributed by atoms with Crippen molar-refractivity contribution in [2.45, 2.75) is 39.8 Å². The van der Waals surface area contributed by atoms with E-state index in [0.29, 0.717) is 6.04 Å². The van der Waals surface area contributed by atoms with Crippen LogP contribution in [0.25, 0.3) is 10.1 Å². The number of fused-ring (bicyclic) bond motifs is 1. The average molecular weight is 263 g/mol. The van der Waals surface area contributed by atoms with Gasteiger partial charge in [0.2, 0.25) is 0 Å². The second-order valence-corrected chi connectivity index (χ2v) is 5.84. The number of benzene rings is 1.